The standard InChI is InChI=1S/C14H19N3/c1-10(11-3-4-11)17(2)13-5-6-14(16)12(9-13)7-8-15/h5-6,9-11H,3-4,7,16H2,1-2H3. The van der Waals surface area contributed by atoms with E-state index in [0.717, 1.165) is 17.2 Å². The number of anilines is 2. The van der Waals surface area contributed by atoms with E-state index in [1.54, 1.807) is 0 Å². The van der Waals surface area contributed by atoms with Crippen LogP contribution in [-0.4, -0.2) is 13.1 Å². The summed E-state index contributed by atoms with van der Waals surface area (Å²) < 4.78 is 0. The minimum atomic E-state index is 0.380. The van der Waals surface area contributed by atoms with E-state index in [2.05, 4.69) is 24.9 Å². The zero-order chi connectivity index (χ0) is 12.4. The van der Waals surface area contributed by atoms with Crippen molar-refractivity contribution in [2.24, 2.45) is 5.92 Å². The van der Waals surface area contributed by atoms with E-state index in [0.29, 0.717) is 18.2 Å². The molecular formula is C14H19N3. The number of hydrogen-bond acceptors (Lipinski definition) is 3. The van der Waals surface area contributed by atoms with Crippen molar-refractivity contribution in [1.29, 1.82) is 5.26 Å². The lowest BCUT2D eigenvalue weighted by Crippen LogP contribution is -2.30. The van der Waals surface area contributed by atoms with Crippen molar-refractivity contribution in [3.63, 3.8) is 0 Å². The van der Waals surface area contributed by atoms with E-state index >= 15 is 0 Å². The summed E-state index contributed by atoms with van der Waals surface area (Å²) in [5.74, 6) is 0.831. The van der Waals surface area contributed by atoms with Gasteiger partial charge in [0.15, 0.2) is 0 Å². The highest BCUT2D eigenvalue weighted by Crippen LogP contribution is 2.36. The van der Waals surface area contributed by atoms with Gasteiger partial charge in [-0.2, -0.15) is 5.26 Å². The molecule has 0 aromatic heterocycles. The summed E-state index contributed by atoms with van der Waals surface area (Å²) >= 11 is 0. The van der Waals surface area contributed by atoms with Gasteiger partial charge >= 0.3 is 0 Å². The van der Waals surface area contributed by atoms with Crippen LogP contribution in [0.3, 0.4) is 0 Å². The van der Waals surface area contributed by atoms with Crippen molar-refractivity contribution in [2.45, 2.75) is 32.2 Å². The lowest BCUT2D eigenvalue weighted by Gasteiger charge is -2.27. The van der Waals surface area contributed by atoms with Gasteiger partial charge in [0, 0.05) is 24.5 Å². The van der Waals surface area contributed by atoms with E-state index in [1.165, 1.54) is 12.8 Å². The zero-order valence-electron chi connectivity index (χ0n) is 10.5. The van der Waals surface area contributed by atoms with Crippen LogP contribution < -0.4 is 10.6 Å². The quantitative estimate of drug-likeness (QED) is 0.807. The summed E-state index contributed by atoms with van der Waals surface area (Å²) in [7, 11) is 2.12. The molecule has 90 valence electrons. The van der Waals surface area contributed by atoms with Crippen LogP contribution in [0.15, 0.2) is 18.2 Å². The monoisotopic (exact) mass is 229 g/mol. The molecule has 0 spiro atoms. The van der Waals surface area contributed by atoms with Gasteiger partial charge in [-0.05, 0) is 49.4 Å². The van der Waals surface area contributed by atoms with Crippen LogP contribution in [0.4, 0.5) is 11.4 Å². The van der Waals surface area contributed by atoms with E-state index in [1.807, 2.05) is 18.2 Å². The van der Waals surface area contributed by atoms with E-state index < -0.39 is 0 Å². The summed E-state index contributed by atoms with van der Waals surface area (Å²) in [4.78, 5) is 2.29. The highest BCUT2D eigenvalue weighted by Gasteiger charge is 2.30. The largest absolute Gasteiger partial charge is 0.398 e. The average Bonchev–Trinajstić information content (AvgIpc) is 3.14. The molecule has 1 unspecified atom stereocenters. The number of rotatable bonds is 4. The third-order valence-corrected chi connectivity index (χ3v) is 3.72. The van der Waals surface area contributed by atoms with Crippen LogP contribution in [-0.2, 0) is 6.42 Å². The lowest BCUT2D eigenvalue weighted by atomic mass is 10.1. The molecule has 1 atom stereocenters. The first kappa shape index (κ1) is 11.8. The molecule has 1 aliphatic carbocycles. The predicted molar refractivity (Wildman–Crippen MR) is 70.8 cm³/mol. The van der Waals surface area contributed by atoms with Gasteiger partial charge in [-0.3, -0.25) is 0 Å². The van der Waals surface area contributed by atoms with Gasteiger partial charge < -0.3 is 10.6 Å². The van der Waals surface area contributed by atoms with E-state index in [9.17, 15) is 0 Å². The van der Waals surface area contributed by atoms with Crippen molar-refractivity contribution in [3.8, 4) is 6.07 Å². The first-order valence-corrected chi connectivity index (χ1v) is 6.11. The Labute approximate surface area is 103 Å². The second-order valence-electron chi connectivity index (χ2n) is 4.91. The van der Waals surface area contributed by atoms with Crippen molar-refractivity contribution >= 4 is 11.4 Å². The maximum atomic E-state index is 8.76. The summed E-state index contributed by atoms with van der Waals surface area (Å²) in [6.07, 6.45) is 3.06. The Bertz CT molecular complexity index is 443. The molecule has 17 heavy (non-hydrogen) atoms. The third-order valence-electron chi connectivity index (χ3n) is 3.72. The topological polar surface area (TPSA) is 53.0 Å². The van der Waals surface area contributed by atoms with Gasteiger partial charge in [0.05, 0.1) is 12.5 Å². The van der Waals surface area contributed by atoms with Gasteiger partial charge in [0.2, 0.25) is 0 Å². The highest BCUT2D eigenvalue weighted by atomic mass is 15.1. The molecule has 0 bridgehead atoms. The molecule has 1 aliphatic rings. The summed E-state index contributed by atoms with van der Waals surface area (Å²) in [5.41, 5.74) is 8.65. The molecule has 1 saturated carbocycles. The Balaban J connectivity index is 2.20. The van der Waals surface area contributed by atoms with E-state index in [4.69, 9.17) is 11.0 Å². The Kier molecular flexibility index (Phi) is 3.23. The summed E-state index contributed by atoms with van der Waals surface area (Å²) in [5, 5.41) is 8.76. The van der Waals surface area contributed by atoms with E-state index in [-0.39, 0.29) is 0 Å². The van der Waals surface area contributed by atoms with Crippen LogP contribution in [0.25, 0.3) is 0 Å². The SMILES string of the molecule is CC(C1CC1)N(C)c1ccc(N)c(CC#N)c1. The van der Waals surface area contributed by atoms with Gasteiger partial charge in [-0.1, -0.05) is 0 Å². The second-order valence-corrected chi connectivity index (χ2v) is 4.91. The molecule has 0 amide bonds. The highest BCUT2D eigenvalue weighted by molar-refractivity contribution is 5.59. The Morgan fingerprint density at radius 1 is 1.53 bits per heavy atom. The smallest absolute Gasteiger partial charge is 0.0670 e. The summed E-state index contributed by atoms with van der Waals surface area (Å²) in [6, 6.07) is 8.70. The maximum absolute atomic E-state index is 8.76. The average molecular weight is 229 g/mol. The number of hydrogen-bond donors (Lipinski definition) is 1. The lowest BCUT2D eigenvalue weighted by molar-refractivity contribution is 0.609. The van der Waals surface area contributed by atoms with Gasteiger partial charge in [0.1, 0.15) is 0 Å². The predicted octanol–water partition coefficient (Wildman–Crippen LogP) is 2.57. The van der Waals surface area contributed by atoms with Gasteiger partial charge in [0.25, 0.3) is 0 Å². The van der Waals surface area contributed by atoms with Crippen LogP contribution in [0.1, 0.15) is 25.3 Å². The molecule has 3 heteroatoms. The fourth-order valence-corrected chi connectivity index (χ4v) is 2.18. The molecule has 1 fully saturated rings. The first-order valence-electron chi connectivity index (χ1n) is 6.11. The normalized spacial score (nSPS) is 16.3. The first-order chi connectivity index (χ1) is 8.13. The third kappa shape index (κ3) is 2.52. The number of nitrogens with two attached hydrogens (primary N) is 1. The maximum Gasteiger partial charge on any atom is 0.0670 e. The Morgan fingerprint density at radius 3 is 2.82 bits per heavy atom. The zero-order valence-corrected chi connectivity index (χ0v) is 10.5. The fraction of sp³-hybridized carbons (Fsp3) is 0.500. The van der Waals surface area contributed by atoms with Gasteiger partial charge in [-0.15, -0.1) is 0 Å². The number of nitriles is 1. The fourth-order valence-electron chi connectivity index (χ4n) is 2.18. The molecule has 0 heterocycles. The van der Waals surface area contributed by atoms with Crippen molar-refractivity contribution in [2.75, 3.05) is 17.7 Å². The molecule has 0 radical (unpaired) electrons. The molecule has 3 nitrogen and oxygen atoms in total. The molecule has 1 aromatic carbocycles. The van der Waals surface area contributed by atoms with Crippen molar-refractivity contribution < 1.29 is 0 Å². The van der Waals surface area contributed by atoms with Crippen LogP contribution in [0.2, 0.25) is 0 Å². The van der Waals surface area contributed by atoms with Crippen LogP contribution in [0, 0.1) is 17.2 Å². The number of benzene rings is 1. The van der Waals surface area contributed by atoms with Gasteiger partial charge in [-0.25, -0.2) is 0 Å². The van der Waals surface area contributed by atoms with Crippen molar-refractivity contribution in [1.82, 2.24) is 0 Å². The molecular weight excluding hydrogens is 210 g/mol. The molecule has 1 aromatic rings. The molecule has 2 N–H and O–H groups in total. The number of nitrogen functional groups attached to an aromatic ring is 1. The van der Waals surface area contributed by atoms with Crippen molar-refractivity contribution in [3.05, 3.63) is 23.8 Å². The molecule has 0 saturated heterocycles. The second kappa shape index (κ2) is 4.67. The van der Waals surface area contributed by atoms with Crippen LogP contribution in [0.5, 0.6) is 0 Å². The minimum absolute atomic E-state index is 0.380. The minimum Gasteiger partial charge on any atom is -0.398 e. The summed E-state index contributed by atoms with van der Waals surface area (Å²) in [6.45, 7) is 2.26. The molecule has 2 rings (SSSR count). The molecule has 0 aliphatic heterocycles. The Morgan fingerprint density at radius 2 is 2.24 bits per heavy atom. The Hall–Kier alpha value is -1.69. The number of nitrogens with zero attached hydrogens (tertiary/aromatic N) is 2. The van der Waals surface area contributed by atoms with Crippen LogP contribution >= 0.6 is 0 Å².